The Bertz CT molecular complexity index is 1080. The highest BCUT2D eigenvalue weighted by atomic mass is 32.2. The molecular weight excluding hydrogens is 444 g/mol. The maximum atomic E-state index is 13.4. The van der Waals surface area contributed by atoms with Gasteiger partial charge in [0.15, 0.2) is 17.6 Å². The fourth-order valence-electron chi connectivity index (χ4n) is 6.88. The van der Waals surface area contributed by atoms with Crippen LogP contribution in [0.4, 0.5) is 0 Å². The second-order valence-electron chi connectivity index (χ2n) is 9.86. The molecule has 0 aromatic rings. The maximum absolute atomic E-state index is 13.4. The molecule has 4 saturated carbocycles. The van der Waals surface area contributed by atoms with Crippen molar-refractivity contribution in [2.45, 2.75) is 50.7 Å². The number of carbonyl (C=O) groups excluding carboxylic acids is 3. The van der Waals surface area contributed by atoms with Crippen LogP contribution in [-0.4, -0.2) is 55.4 Å². The molecule has 4 fully saturated rings. The average Bonchev–Trinajstić information content (AvgIpc) is 3.29. The molecule has 4 aliphatic carbocycles. The van der Waals surface area contributed by atoms with Crippen LogP contribution in [0.2, 0.25) is 0 Å². The molecule has 2 atom stereocenters. The van der Waals surface area contributed by atoms with E-state index in [1.54, 1.807) is 0 Å². The molecule has 6 bridgehead atoms. The topological polar surface area (TPSA) is 142 Å². The minimum atomic E-state index is -4.32. The number of carbonyl (C=O) groups is 3. The molecule has 7 rings (SSSR count). The van der Waals surface area contributed by atoms with E-state index in [1.807, 2.05) is 0 Å². The Labute approximate surface area is 183 Å². The number of hydrogen-bond donors (Lipinski definition) is 1. The van der Waals surface area contributed by atoms with Crippen LogP contribution in [0.25, 0.3) is 0 Å². The van der Waals surface area contributed by atoms with E-state index in [-0.39, 0.29) is 28.6 Å². The van der Waals surface area contributed by atoms with Gasteiger partial charge in [-0.3, -0.25) is 9.35 Å². The number of fused-ring (bicyclic) bond motifs is 1. The molecule has 0 radical (unpaired) electrons. The summed E-state index contributed by atoms with van der Waals surface area (Å²) in [6.45, 7) is -0.597. The monoisotopic (exact) mass is 466 g/mol. The largest absolute Gasteiger partial charge is 0.476 e. The number of ether oxygens (including phenoxy) is 4. The first-order valence-electron chi connectivity index (χ1n) is 10.8. The summed E-state index contributed by atoms with van der Waals surface area (Å²) in [6, 6.07) is 0. The molecular formula is C21H22O10S. The lowest BCUT2D eigenvalue weighted by Crippen LogP contribution is -2.51. The fourth-order valence-corrected chi connectivity index (χ4v) is 7.17. The van der Waals surface area contributed by atoms with Gasteiger partial charge >= 0.3 is 17.9 Å². The summed E-state index contributed by atoms with van der Waals surface area (Å²) in [7, 11) is -4.32. The van der Waals surface area contributed by atoms with E-state index in [2.05, 4.69) is 0 Å². The van der Waals surface area contributed by atoms with Crippen LogP contribution >= 0.6 is 0 Å². The van der Waals surface area contributed by atoms with E-state index in [0.29, 0.717) is 17.8 Å². The SMILES string of the molecule is O=C1OC2=C3O[C@H](C(C(=O)OCCS(=O)(=O)O)=C13)C2OC(=O)C12CC3CC(CC(C3)C1)C2. The molecule has 0 aromatic carbocycles. The maximum Gasteiger partial charge on any atom is 0.348 e. The number of esters is 3. The van der Waals surface area contributed by atoms with Gasteiger partial charge in [-0.2, -0.15) is 8.42 Å². The van der Waals surface area contributed by atoms with Crippen LogP contribution in [0.1, 0.15) is 38.5 Å². The highest BCUT2D eigenvalue weighted by Crippen LogP contribution is 2.61. The Kier molecular flexibility index (Phi) is 4.15. The second kappa shape index (κ2) is 6.57. The zero-order valence-corrected chi connectivity index (χ0v) is 17.9. The van der Waals surface area contributed by atoms with Gasteiger partial charge in [0.05, 0.1) is 5.41 Å². The average molecular weight is 466 g/mol. The molecule has 11 heteroatoms. The van der Waals surface area contributed by atoms with Crippen molar-refractivity contribution in [3.05, 3.63) is 22.7 Å². The van der Waals surface area contributed by atoms with Crippen molar-refractivity contribution >= 4 is 28.0 Å². The molecule has 1 N–H and O–H groups in total. The molecule has 3 heterocycles. The summed E-state index contributed by atoms with van der Waals surface area (Å²) in [5, 5.41) is 0. The minimum Gasteiger partial charge on any atom is -0.476 e. The molecule has 1 unspecified atom stereocenters. The van der Waals surface area contributed by atoms with E-state index in [4.69, 9.17) is 23.5 Å². The lowest BCUT2D eigenvalue weighted by atomic mass is 9.49. The van der Waals surface area contributed by atoms with Gasteiger partial charge in [0.25, 0.3) is 10.1 Å². The first-order chi connectivity index (χ1) is 15.1. The normalized spacial score (nSPS) is 38.3. The zero-order valence-electron chi connectivity index (χ0n) is 17.1. The zero-order chi connectivity index (χ0) is 22.4. The third-order valence-electron chi connectivity index (χ3n) is 7.69. The quantitative estimate of drug-likeness (QED) is 0.342. The van der Waals surface area contributed by atoms with E-state index in [0.717, 1.165) is 19.3 Å². The summed E-state index contributed by atoms with van der Waals surface area (Å²) in [6.07, 6.45) is 3.76. The second-order valence-corrected chi connectivity index (χ2v) is 11.4. The predicted molar refractivity (Wildman–Crippen MR) is 103 cm³/mol. The standard InChI is InChI=1S/C21H22O10S/c22-18(28-1-2-32(25,26)27)12-13-15-16(30-19(13)23)17(14(12)29-15)31-20(24)21-6-9-3-10(7-21)5-11(4-9)8-21/h9-11,14,17H,1-8H2,(H,25,26,27)/t9?,10?,11?,14-,17?,21?/m1/s1. The molecule has 32 heavy (non-hydrogen) atoms. The van der Waals surface area contributed by atoms with Gasteiger partial charge in [-0.1, -0.05) is 0 Å². The summed E-state index contributed by atoms with van der Waals surface area (Å²) in [4.78, 5) is 38.3. The van der Waals surface area contributed by atoms with E-state index >= 15 is 0 Å². The Balaban J connectivity index is 1.21. The van der Waals surface area contributed by atoms with E-state index in [1.165, 1.54) is 19.3 Å². The summed E-state index contributed by atoms with van der Waals surface area (Å²) >= 11 is 0. The van der Waals surface area contributed by atoms with Crippen molar-refractivity contribution in [3.63, 3.8) is 0 Å². The molecule has 0 spiro atoms. The van der Waals surface area contributed by atoms with E-state index < -0.39 is 52.0 Å². The van der Waals surface area contributed by atoms with Crippen LogP contribution in [0.5, 0.6) is 0 Å². The van der Waals surface area contributed by atoms with Crippen molar-refractivity contribution < 1.29 is 46.3 Å². The third kappa shape index (κ3) is 2.93. The summed E-state index contributed by atoms with van der Waals surface area (Å²) in [5.74, 6) is -1.11. The van der Waals surface area contributed by atoms with Crippen LogP contribution in [-0.2, 0) is 43.4 Å². The van der Waals surface area contributed by atoms with Crippen LogP contribution < -0.4 is 0 Å². The Hall–Kier alpha value is -2.40. The van der Waals surface area contributed by atoms with Gasteiger partial charge in [-0.05, 0) is 56.3 Å². The van der Waals surface area contributed by atoms with Crippen molar-refractivity contribution in [2.75, 3.05) is 12.4 Å². The molecule has 0 amide bonds. The summed E-state index contributed by atoms with van der Waals surface area (Å²) < 4.78 is 52.2. The van der Waals surface area contributed by atoms with Crippen LogP contribution in [0, 0.1) is 23.2 Å². The lowest BCUT2D eigenvalue weighted by molar-refractivity contribution is -0.179. The molecule has 0 aromatic heterocycles. The van der Waals surface area contributed by atoms with Gasteiger partial charge in [-0.25, -0.2) is 9.59 Å². The van der Waals surface area contributed by atoms with Gasteiger partial charge in [0.1, 0.15) is 23.5 Å². The van der Waals surface area contributed by atoms with Crippen LogP contribution in [0.15, 0.2) is 22.7 Å². The Morgan fingerprint density at radius 2 is 1.72 bits per heavy atom. The van der Waals surface area contributed by atoms with Gasteiger partial charge < -0.3 is 18.9 Å². The first kappa shape index (κ1) is 20.2. The summed E-state index contributed by atoms with van der Waals surface area (Å²) in [5.41, 5.74) is -0.763. The van der Waals surface area contributed by atoms with Crippen molar-refractivity contribution in [2.24, 2.45) is 23.2 Å². The lowest BCUT2D eigenvalue weighted by Gasteiger charge is -2.55. The van der Waals surface area contributed by atoms with Crippen molar-refractivity contribution in [1.29, 1.82) is 0 Å². The first-order valence-corrected chi connectivity index (χ1v) is 12.5. The predicted octanol–water partition coefficient (Wildman–Crippen LogP) is 1.02. The van der Waals surface area contributed by atoms with Crippen molar-refractivity contribution in [3.8, 4) is 0 Å². The third-order valence-corrected chi connectivity index (χ3v) is 8.37. The van der Waals surface area contributed by atoms with Gasteiger partial charge in [0, 0.05) is 0 Å². The minimum absolute atomic E-state index is 0.0741. The molecule has 7 aliphatic rings. The van der Waals surface area contributed by atoms with E-state index in [9.17, 15) is 22.8 Å². The highest BCUT2D eigenvalue weighted by Gasteiger charge is 2.62. The van der Waals surface area contributed by atoms with Gasteiger partial charge in [-0.15, -0.1) is 0 Å². The Morgan fingerprint density at radius 1 is 1.09 bits per heavy atom. The number of hydrogen-bond acceptors (Lipinski definition) is 9. The van der Waals surface area contributed by atoms with Crippen LogP contribution in [0.3, 0.4) is 0 Å². The molecule has 0 saturated heterocycles. The highest BCUT2D eigenvalue weighted by molar-refractivity contribution is 7.85. The molecule has 10 nitrogen and oxygen atoms in total. The fraction of sp³-hybridized carbons (Fsp3) is 0.667. The van der Waals surface area contributed by atoms with Gasteiger partial charge in [0.2, 0.25) is 6.10 Å². The Morgan fingerprint density at radius 3 is 2.31 bits per heavy atom. The smallest absolute Gasteiger partial charge is 0.348 e. The molecule has 172 valence electrons. The number of rotatable bonds is 6. The van der Waals surface area contributed by atoms with Crippen molar-refractivity contribution in [1.82, 2.24) is 0 Å². The molecule has 3 aliphatic heterocycles.